The van der Waals surface area contributed by atoms with Crippen molar-refractivity contribution in [3.8, 4) is 17.5 Å². The van der Waals surface area contributed by atoms with Crippen molar-refractivity contribution < 1.29 is 29.5 Å². The number of fused-ring (bicyclic) bond motifs is 3. The van der Waals surface area contributed by atoms with Gasteiger partial charge in [-0.3, -0.25) is 0 Å². The van der Waals surface area contributed by atoms with Crippen molar-refractivity contribution in [3.63, 3.8) is 0 Å². The Kier molecular flexibility index (Phi) is 5.36. The second-order valence-corrected chi connectivity index (χ2v) is 9.25. The number of aliphatic hydroxyl groups is 3. The topological polar surface area (TPSA) is 101 Å². The fourth-order valence-electron chi connectivity index (χ4n) is 5.56. The van der Waals surface area contributed by atoms with E-state index in [0.717, 1.165) is 10.0 Å². The molecule has 5 atom stereocenters. The molecule has 0 unspecified atom stereocenters. The monoisotopic (exact) mass is 513 g/mol. The maximum absolute atomic E-state index is 12.5. The number of pyridine rings is 1. The van der Waals surface area contributed by atoms with Gasteiger partial charge in [-0.05, 0) is 23.3 Å². The molecule has 2 aromatic carbocycles. The number of rotatable bonds is 5. The van der Waals surface area contributed by atoms with E-state index >= 15 is 0 Å². The van der Waals surface area contributed by atoms with Crippen LogP contribution in [-0.4, -0.2) is 47.2 Å². The molecule has 1 aromatic heterocycles. The number of nitrogens with zero attached hydrogens (tertiary/aromatic N) is 1. The van der Waals surface area contributed by atoms with Gasteiger partial charge in [-0.2, -0.15) is 4.98 Å². The third kappa shape index (κ3) is 2.88. The molecule has 0 radical (unpaired) electrons. The van der Waals surface area contributed by atoms with Crippen LogP contribution in [0.15, 0.2) is 65.1 Å². The van der Waals surface area contributed by atoms with Gasteiger partial charge in [0.05, 0.1) is 25.9 Å². The lowest BCUT2D eigenvalue weighted by atomic mass is 9.71. The van der Waals surface area contributed by atoms with Crippen molar-refractivity contribution in [1.29, 1.82) is 0 Å². The molecular weight excluding hydrogens is 490 g/mol. The fraction of sp³-hybridized carbons (Fsp3) is 0.320. The van der Waals surface area contributed by atoms with E-state index in [2.05, 4.69) is 20.9 Å². The lowest BCUT2D eigenvalue weighted by Crippen LogP contribution is -2.52. The van der Waals surface area contributed by atoms with Crippen LogP contribution in [0.4, 0.5) is 0 Å². The number of aliphatic hydroxyl groups excluding tert-OH is 2. The smallest absolute Gasteiger partial charge is 0.226 e. The molecule has 1 aliphatic carbocycles. The third-order valence-electron chi connectivity index (χ3n) is 6.89. The molecule has 1 fully saturated rings. The van der Waals surface area contributed by atoms with Crippen molar-refractivity contribution in [2.45, 2.75) is 23.2 Å². The normalized spacial score (nSPS) is 29.8. The van der Waals surface area contributed by atoms with Crippen LogP contribution in [0.3, 0.4) is 0 Å². The molecule has 1 saturated carbocycles. The Labute approximate surface area is 199 Å². The number of hydrogen-bond donors (Lipinski definition) is 3. The number of aromatic nitrogens is 1. The van der Waals surface area contributed by atoms with E-state index in [4.69, 9.17) is 14.2 Å². The first-order chi connectivity index (χ1) is 15.9. The summed E-state index contributed by atoms with van der Waals surface area (Å²) in [5.74, 6) is -0.658. The highest BCUT2D eigenvalue weighted by Crippen LogP contribution is 2.69. The van der Waals surface area contributed by atoms with E-state index in [-0.39, 0.29) is 23.9 Å². The van der Waals surface area contributed by atoms with Gasteiger partial charge in [0.2, 0.25) is 11.8 Å². The molecule has 8 heteroatoms. The van der Waals surface area contributed by atoms with Crippen LogP contribution in [-0.2, 0) is 11.2 Å². The minimum absolute atomic E-state index is 0.0929. The first-order valence-electron chi connectivity index (χ1n) is 10.6. The van der Waals surface area contributed by atoms with Crippen LogP contribution in [0, 0.1) is 5.92 Å². The molecule has 0 bridgehead atoms. The predicted octanol–water partition coefficient (Wildman–Crippen LogP) is 3.10. The van der Waals surface area contributed by atoms with Gasteiger partial charge in [-0.1, -0.05) is 58.4 Å². The maximum Gasteiger partial charge on any atom is 0.226 e. The zero-order valence-corrected chi connectivity index (χ0v) is 19.7. The zero-order chi connectivity index (χ0) is 23.4. The highest BCUT2D eigenvalue weighted by atomic mass is 79.9. The quantitative estimate of drug-likeness (QED) is 0.481. The minimum atomic E-state index is -1.96. The molecular formula is C25H24BrNO6. The third-order valence-corrected chi connectivity index (χ3v) is 7.42. The van der Waals surface area contributed by atoms with Gasteiger partial charge in [-0.15, -0.1) is 0 Å². The Morgan fingerprint density at radius 2 is 1.76 bits per heavy atom. The lowest BCUT2D eigenvalue weighted by Gasteiger charge is -2.40. The highest BCUT2D eigenvalue weighted by molar-refractivity contribution is 9.10. The molecule has 172 valence electrons. The Hall–Kier alpha value is -2.65. The number of halogens is 1. The molecule has 2 heterocycles. The first kappa shape index (κ1) is 22.2. The zero-order valence-electron chi connectivity index (χ0n) is 18.1. The van der Waals surface area contributed by atoms with Gasteiger partial charge in [-0.25, -0.2) is 0 Å². The average molecular weight is 514 g/mol. The van der Waals surface area contributed by atoms with Gasteiger partial charge < -0.3 is 29.5 Å². The molecule has 33 heavy (non-hydrogen) atoms. The largest absolute Gasteiger partial charge is 0.481 e. The Bertz CT molecular complexity index is 1170. The van der Waals surface area contributed by atoms with Crippen LogP contribution in [0.2, 0.25) is 0 Å². The summed E-state index contributed by atoms with van der Waals surface area (Å²) in [4.78, 5) is 4.34. The summed E-state index contributed by atoms with van der Waals surface area (Å²) >= 11 is 3.47. The van der Waals surface area contributed by atoms with Gasteiger partial charge >= 0.3 is 0 Å². The summed E-state index contributed by atoms with van der Waals surface area (Å²) in [7, 11) is 2.91. The minimum Gasteiger partial charge on any atom is -0.481 e. The number of ether oxygens (including phenoxy) is 3. The molecule has 2 aliphatic rings. The van der Waals surface area contributed by atoms with E-state index in [0.29, 0.717) is 11.3 Å². The van der Waals surface area contributed by atoms with E-state index in [1.54, 1.807) is 6.07 Å². The van der Waals surface area contributed by atoms with Crippen LogP contribution < -0.4 is 14.2 Å². The SMILES string of the molecule is COc1cc2c(c(OC)n1)[C@]1(O)[C@H](O)[C@H](CO)[C@@H](c3ccccc3)[C@]1(c1ccc(Br)cc1)O2. The molecule has 0 amide bonds. The molecule has 1 aliphatic heterocycles. The van der Waals surface area contributed by atoms with Gasteiger partial charge in [0.25, 0.3) is 0 Å². The molecule has 0 saturated heterocycles. The Morgan fingerprint density at radius 3 is 2.36 bits per heavy atom. The van der Waals surface area contributed by atoms with Crippen molar-refractivity contribution in [1.82, 2.24) is 4.98 Å². The van der Waals surface area contributed by atoms with Gasteiger partial charge in [0.1, 0.15) is 5.75 Å². The lowest BCUT2D eigenvalue weighted by molar-refractivity contribution is -0.153. The van der Waals surface area contributed by atoms with Crippen LogP contribution >= 0.6 is 15.9 Å². The van der Waals surface area contributed by atoms with Gasteiger partial charge in [0.15, 0.2) is 11.2 Å². The summed E-state index contributed by atoms with van der Waals surface area (Å²) in [6, 6.07) is 18.5. The first-order valence-corrected chi connectivity index (χ1v) is 11.4. The summed E-state index contributed by atoms with van der Waals surface area (Å²) in [6.45, 7) is -0.355. The summed E-state index contributed by atoms with van der Waals surface area (Å²) < 4.78 is 18.4. The van der Waals surface area contributed by atoms with Crippen LogP contribution in [0.5, 0.6) is 17.5 Å². The van der Waals surface area contributed by atoms with E-state index < -0.39 is 29.1 Å². The average Bonchev–Trinajstić information content (AvgIpc) is 3.22. The predicted molar refractivity (Wildman–Crippen MR) is 123 cm³/mol. The maximum atomic E-state index is 12.5. The molecule has 0 spiro atoms. The summed E-state index contributed by atoms with van der Waals surface area (Å²) in [5.41, 5.74) is -1.73. The fourth-order valence-corrected chi connectivity index (χ4v) is 5.83. The summed E-state index contributed by atoms with van der Waals surface area (Å²) in [6.07, 6.45) is -1.37. The second-order valence-electron chi connectivity index (χ2n) is 8.34. The van der Waals surface area contributed by atoms with Crippen molar-refractivity contribution in [2.24, 2.45) is 5.92 Å². The highest BCUT2D eigenvalue weighted by Gasteiger charge is 2.76. The van der Waals surface area contributed by atoms with Crippen molar-refractivity contribution in [2.75, 3.05) is 20.8 Å². The molecule has 7 nitrogen and oxygen atoms in total. The standard InChI is InChI=1S/C25H24BrNO6/c1-31-19-12-18-21(23(27-19)32-2)24(30)22(29)17(13-28)20(14-6-4-3-5-7-14)25(24,33-18)15-8-10-16(26)11-9-15/h3-12,17,20,22,28-30H,13H2,1-2H3/t17-,20-,22-,24+,25+/m1/s1. The number of hydrogen-bond acceptors (Lipinski definition) is 7. The number of benzene rings is 2. The Balaban J connectivity index is 1.87. The van der Waals surface area contributed by atoms with E-state index in [1.807, 2.05) is 54.6 Å². The molecule has 3 aromatic rings. The molecule has 5 rings (SSSR count). The van der Waals surface area contributed by atoms with Crippen LogP contribution in [0.25, 0.3) is 0 Å². The Morgan fingerprint density at radius 1 is 1.06 bits per heavy atom. The summed E-state index contributed by atoms with van der Waals surface area (Å²) in [5, 5.41) is 34.5. The molecule has 3 N–H and O–H groups in total. The van der Waals surface area contributed by atoms with Crippen molar-refractivity contribution >= 4 is 15.9 Å². The van der Waals surface area contributed by atoms with E-state index in [9.17, 15) is 15.3 Å². The van der Waals surface area contributed by atoms with Gasteiger partial charge in [0, 0.05) is 29.0 Å². The van der Waals surface area contributed by atoms with Crippen LogP contribution in [0.1, 0.15) is 22.6 Å². The van der Waals surface area contributed by atoms with Crippen molar-refractivity contribution in [3.05, 3.63) is 81.8 Å². The second kappa shape index (κ2) is 7.99. The number of methoxy groups -OCH3 is 2. The van der Waals surface area contributed by atoms with E-state index in [1.165, 1.54) is 14.2 Å².